The van der Waals surface area contributed by atoms with E-state index in [1.54, 1.807) is 6.26 Å². The number of fused-ring (bicyclic) bond motifs is 6. The highest BCUT2D eigenvalue weighted by Crippen LogP contribution is 2.44. The monoisotopic (exact) mass is 407 g/mol. The van der Waals surface area contributed by atoms with Gasteiger partial charge in [-0.15, -0.1) is 0 Å². The molecule has 0 aliphatic carbocycles. The number of aryl methyl sites for hydroxylation is 1. The summed E-state index contributed by atoms with van der Waals surface area (Å²) in [6.45, 7) is 5.81. The third kappa shape index (κ3) is 2.78. The fourth-order valence-electron chi connectivity index (χ4n) is 5.27. The summed E-state index contributed by atoms with van der Waals surface area (Å²) in [5, 5.41) is 4.64. The van der Waals surface area contributed by atoms with Crippen molar-refractivity contribution in [3.8, 4) is 0 Å². The molecule has 8 heteroatoms. The molecule has 2 unspecified atom stereocenters. The Kier molecular flexibility index (Phi) is 4.17. The second-order valence-electron chi connectivity index (χ2n) is 8.53. The molecule has 30 heavy (non-hydrogen) atoms. The second-order valence-corrected chi connectivity index (χ2v) is 8.53. The highest BCUT2D eigenvalue weighted by atomic mass is 16.5. The lowest BCUT2D eigenvalue weighted by Crippen LogP contribution is -2.43. The lowest BCUT2D eigenvalue weighted by atomic mass is 9.98. The Balaban J connectivity index is 1.31. The highest BCUT2D eigenvalue weighted by molar-refractivity contribution is 5.96. The predicted octanol–water partition coefficient (Wildman–Crippen LogP) is 2.36. The minimum Gasteiger partial charge on any atom is -0.467 e. The summed E-state index contributed by atoms with van der Waals surface area (Å²) in [5.41, 5.74) is 4.86. The SMILES string of the molecule is Cc1cc2ncc3c(n2n1)CC1CCC3N1C(=O)c1ccoc1CN1CCOCC1. The fraction of sp³-hybridized carbons (Fsp3) is 0.500. The number of rotatable bonds is 3. The second kappa shape index (κ2) is 6.92. The molecule has 0 N–H and O–H groups in total. The van der Waals surface area contributed by atoms with Crippen LogP contribution in [0, 0.1) is 6.92 Å². The average Bonchev–Trinajstić information content (AvgIpc) is 3.45. The summed E-state index contributed by atoms with van der Waals surface area (Å²) in [4.78, 5) is 22.6. The zero-order valence-corrected chi connectivity index (χ0v) is 17.1. The van der Waals surface area contributed by atoms with Gasteiger partial charge in [-0.1, -0.05) is 0 Å². The number of nitrogens with zero attached hydrogens (tertiary/aromatic N) is 5. The molecule has 2 bridgehead atoms. The topological polar surface area (TPSA) is 76.1 Å². The molecule has 0 saturated carbocycles. The van der Waals surface area contributed by atoms with E-state index in [0.29, 0.717) is 12.1 Å². The molecule has 6 heterocycles. The fourth-order valence-corrected chi connectivity index (χ4v) is 5.27. The molecule has 2 saturated heterocycles. The van der Waals surface area contributed by atoms with Gasteiger partial charge in [-0.3, -0.25) is 9.69 Å². The van der Waals surface area contributed by atoms with Crippen LogP contribution in [0.15, 0.2) is 29.0 Å². The first-order chi connectivity index (χ1) is 14.7. The number of carbonyl (C=O) groups excluding carboxylic acids is 1. The summed E-state index contributed by atoms with van der Waals surface area (Å²) in [7, 11) is 0. The number of hydrogen-bond donors (Lipinski definition) is 0. The smallest absolute Gasteiger partial charge is 0.258 e. The molecule has 0 spiro atoms. The molecule has 6 rings (SSSR count). The lowest BCUT2D eigenvalue weighted by molar-refractivity contribution is 0.0309. The van der Waals surface area contributed by atoms with E-state index >= 15 is 0 Å². The predicted molar refractivity (Wildman–Crippen MR) is 108 cm³/mol. The number of furan rings is 1. The molecule has 3 aliphatic rings. The number of morpholine rings is 1. The van der Waals surface area contributed by atoms with Crippen LogP contribution in [0.3, 0.4) is 0 Å². The van der Waals surface area contributed by atoms with E-state index in [0.717, 1.165) is 68.2 Å². The van der Waals surface area contributed by atoms with E-state index in [-0.39, 0.29) is 18.0 Å². The van der Waals surface area contributed by atoms with Gasteiger partial charge in [0.05, 0.1) is 49.0 Å². The van der Waals surface area contributed by atoms with Crippen molar-refractivity contribution < 1.29 is 13.9 Å². The molecule has 2 atom stereocenters. The molecule has 3 aromatic rings. The molecule has 156 valence electrons. The molecule has 2 fully saturated rings. The summed E-state index contributed by atoms with van der Waals surface area (Å²) < 4.78 is 13.1. The first-order valence-electron chi connectivity index (χ1n) is 10.7. The first-order valence-corrected chi connectivity index (χ1v) is 10.7. The van der Waals surface area contributed by atoms with Crippen LogP contribution in [-0.2, 0) is 17.7 Å². The Morgan fingerprint density at radius 2 is 2.13 bits per heavy atom. The van der Waals surface area contributed by atoms with Crippen LogP contribution in [0.25, 0.3) is 5.65 Å². The molecular weight excluding hydrogens is 382 g/mol. The largest absolute Gasteiger partial charge is 0.467 e. The number of amides is 1. The van der Waals surface area contributed by atoms with Crippen molar-refractivity contribution in [1.29, 1.82) is 0 Å². The van der Waals surface area contributed by atoms with Crippen molar-refractivity contribution in [1.82, 2.24) is 24.4 Å². The summed E-state index contributed by atoms with van der Waals surface area (Å²) in [6.07, 6.45) is 6.37. The van der Waals surface area contributed by atoms with Crippen molar-refractivity contribution in [3.63, 3.8) is 0 Å². The van der Waals surface area contributed by atoms with Crippen LogP contribution in [-0.4, -0.2) is 62.7 Å². The zero-order chi connectivity index (χ0) is 20.2. The minimum absolute atomic E-state index is 0.0544. The number of hydrogen-bond acceptors (Lipinski definition) is 6. The van der Waals surface area contributed by atoms with Crippen LogP contribution in [0.1, 0.15) is 52.0 Å². The van der Waals surface area contributed by atoms with Gasteiger partial charge in [0.25, 0.3) is 5.91 Å². The normalized spacial score (nSPS) is 23.8. The maximum Gasteiger partial charge on any atom is 0.258 e. The van der Waals surface area contributed by atoms with Crippen molar-refractivity contribution in [2.24, 2.45) is 0 Å². The zero-order valence-electron chi connectivity index (χ0n) is 17.1. The van der Waals surface area contributed by atoms with E-state index in [4.69, 9.17) is 9.15 Å². The molecule has 1 amide bonds. The summed E-state index contributed by atoms with van der Waals surface area (Å²) >= 11 is 0. The van der Waals surface area contributed by atoms with Gasteiger partial charge in [0.1, 0.15) is 5.76 Å². The maximum atomic E-state index is 13.6. The Morgan fingerprint density at radius 3 is 3.00 bits per heavy atom. The Morgan fingerprint density at radius 1 is 1.27 bits per heavy atom. The average molecular weight is 407 g/mol. The maximum absolute atomic E-state index is 13.6. The van der Waals surface area contributed by atoms with Gasteiger partial charge in [-0.05, 0) is 25.8 Å². The molecular formula is C22H25N5O3. The van der Waals surface area contributed by atoms with Gasteiger partial charge in [0, 0.05) is 43.4 Å². The molecule has 3 aliphatic heterocycles. The van der Waals surface area contributed by atoms with Crippen LogP contribution in [0.5, 0.6) is 0 Å². The van der Waals surface area contributed by atoms with E-state index in [1.807, 2.05) is 29.8 Å². The highest BCUT2D eigenvalue weighted by Gasteiger charge is 2.44. The number of aromatic nitrogens is 3. The van der Waals surface area contributed by atoms with Crippen LogP contribution in [0.2, 0.25) is 0 Å². The van der Waals surface area contributed by atoms with Gasteiger partial charge in [-0.2, -0.15) is 5.10 Å². The van der Waals surface area contributed by atoms with Crippen molar-refractivity contribution in [3.05, 3.63) is 52.9 Å². The summed E-state index contributed by atoms with van der Waals surface area (Å²) in [6, 6.07) is 4.07. The summed E-state index contributed by atoms with van der Waals surface area (Å²) in [5.74, 6) is 0.824. The van der Waals surface area contributed by atoms with E-state index < -0.39 is 0 Å². The van der Waals surface area contributed by atoms with Crippen molar-refractivity contribution in [2.75, 3.05) is 26.3 Å². The van der Waals surface area contributed by atoms with Crippen molar-refractivity contribution >= 4 is 11.6 Å². The third-order valence-electron chi connectivity index (χ3n) is 6.71. The number of ether oxygens (including phenoxy) is 1. The standard InChI is InChI=1S/C22H25N5O3/c1-14-10-21-23-12-17-18-3-2-15(11-19(17)27(21)24-14)26(18)22(28)16-4-7-30-20(16)13-25-5-8-29-9-6-25/h4,7,10,12,15,18H,2-3,5-6,8-9,11,13H2,1H3. The van der Waals surface area contributed by atoms with Gasteiger partial charge < -0.3 is 14.1 Å². The molecule has 8 nitrogen and oxygen atoms in total. The first kappa shape index (κ1) is 18.1. The van der Waals surface area contributed by atoms with Crippen molar-refractivity contribution in [2.45, 2.75) is 44.8 Å². The Bertz CT molecular complexity index is 1110. The third-order valence-corrected chi connectivity index (χ3v) is 6.71. The molecule has 0 radical (unpaired) electrons. The number of carbonyl (C=O) groups is 1. The van der Waals surface area contributed by atoms with E-state index in [9.17, 15) is 4.79 Å². The van der Waals surface area contributed by atoms with Gasteiger partial charge in [0.2, 0.25) is 0 Å². The van der Waals surface area contributed by atoms with Gasteiger partial charge >= 0.3 is 0 Å². The lowest BCUT2D eigenvalue weighted by Gasteiger charge is -2.36. The van der Waals surface area contributed by atoms with E-state index in [1.165, 1.54) is 5.69 Å². The van der Waals surface area contributed by atoms with Crippen LogP contribution < -0.4 is 0 Å². The van der Waals surface area contributed by atoms with Crippen LogP contribution in [0.4, 0.5) is 0 Å². The Labute approximate surface area is 174 Å². The van der Waals surface area contributed by atoms with Gasteiger partial charge in [-0.25, -0.2) is 9.50 Å². The van der Waals surface area contributed by atoms with Gasteiger partial charge in [0.15, 0.2) is 5.65 Å². The molecule has 0 aromatic carbocycles. The van der Waals surface area contributed by atoms with Crippen LogP contribution >= 0.6 is 0 Å². The molecule has 3 aromatic heterocycles. The minimum atomic E-state index is 0.0544. The Hall–Kier alpha value is -2.71. The van der Waals surface area contributed by atoms with E-state index in [2.05, 4.69) is 19.9 Å². The quantitative estimate of drug-likeness (QED) is 0.664.